The fraction of sp³-hybridized carbons (Fsp3) is 0.391. The number of benzene rings is 2. The molecule has 0 radical (unpaired) electrons. The van der Waals surface area contributed by atoms with Crippen molar-refractivity contribution in [2.45, 2.75) is 6.42 Å². The zero-order valence-corrected chi connectivity index (χ0v) is 17.4. The van der Waals surface area contributed by atoms with Crippen molar-refractivity contribution >= 4 is 17.6 Å². The molecule has 2 aromatic carbocycles. The highest BCUT2D eigenvalue weighted by Crippen LogP contribution is 2.15. The molecule has 29 heavy (non-hydrogen) atoms. The first-order valence-corrected chi connectivity index (χ1v) is 10.2. The topological polar surface area (TPSA) is 51.2 Å². The predicted octanol–water partition coefficient (Wildman–Crippen LogP) is 2.09. The van der Waals surface area contributed by atoms with Gasteiger partial charge >= 0.3 is 0 Å². The molecule has 2 aromatic rings. The summed E-state index contributed by atoms with van der Waals surface area (Å²) in [6.45, 7) is 4.58. The predicted molar refractivity (Wildman–Crippen MR) is 119 cm³/mol. The van der Waals surface area contributed by atoms with Gasteiger partial charge < -0.3 is 20.0 Å². The summed E-state index contributed by atoms with van der Waals surface area (Å²) >= 11 is 0. The summed E-state index contributed by atoms with van der Waals surface area (Å²) < 4.78 is 0. The number of nitrogens with zero attached hydrogens (tertiary/aromatic N) is 4. The molecular formula is C23H31N5O. The first-order chi connectivity index (χ1) is 14.1. The lowest BCUT2D eigenvalue weighted by Gasteiger charge is -2.37. The molecule has 0 atom stereocenters. The van der Waals surface area contributed by atoms with Crippen LogP contribution in [0.1, 0.15) is 5.56 Å². The number of anilines is 1. The fourth-order valence-electron chi connectivity index (χ4n) is 3.33. The highest BCUT2D eigenvalue weighted by molar-refractivity contribution is 5.85. The number of nitrogens with one attached hydrogen (secondary N) is 1. The minimum absolute atomic E-state index is 0.00952. The molecule has 6 heteroatoms. The van der Waals surface area contributed by atoms with Crippen molar-refractivity contribution in [3.8, 4) is 0 Å². The second-order valence-corrected chi connectivity index (χ2v) is 7.40. The molecule has 0 bridgehead atoms. The van der Waals surface area contributed by atoms with Crippen LogP contribution in [-0.4, -0.2) is 75.0 Å². The van der Waals surface area contributed by atoms with E-state index in [1.54, 1.807) is 19.0 Å². The third-order valence-corrected chi connectivity index (χ3v) is 5.10. The van der Waals surface area contributed by atoms with E-state index in [2.05, 4.69) is 68.6 Å². The molecule has 1 heterocycles. The molecule has 1 fully saturated rings. The van der Waals surface area contributed by atoms with Crippen LogP contribution in [0.5, 0.6) is 0 Å². The number of amides is 1. The summed E-state index contributed by atoms with van der Waals surface area (Å²) in [5.41, 5.74) is 2.54. The van der Waals surface area contributed by atoms with Crippen molar-refractivity contribution in [3.05, 3.63) is 66.2 Å². The Kier molecular flexibility index (Phi) is 7.50. The maximum absolute atomic E-state index is 12.0. The highest BCUT2D eigenvalue weighted by atomic mass is 16.2. The van der Waals surface area contributed by atoms with Gasteiger partial charge in [-0.3, -0.25) is 4.79 Å². The second kappa shape index (κ2) is 10.5. The van der Waals surface area contributed by atoms with Crippen molar-refractivity contribution < 1.29 is 4.79 Å². The zero-order chi connectivity index (χ0) is 20.5. The third kappa shape index (κ3) is 6.24. The lowest BCUT2D eigenvalue weighted by atomic mass is 10.1. The minimum atomic E-state index is 0.00952. The molecule has 0 aromatic heterocycles. The number of rotatable bonds is 6. The monoisotopic (exact) mass is 393 g/mol. The second-order valence-electron chi connectivity index (χ2n) is 7.40. The Morgan fingerprint density at radius 1 is 0.966 bits per heavy atom. The largest absolute Gasteiger partial charge is 0.368 e. The number of para-hydroxylation sites is 1. The fourth-order valence-corrected chi connectivity index (χ4v) is 3.33. The Morgan fingerprint density at radius 3 is 2.21 bits per heavy atom. The molecule has 1 aliphatic rings. The van der Waals surface area contributed by atoms with Crippen molar-refractivity contribution in [1.82, 2.24) is 15.1 Å². The van der Waals surface area contributed by atoms with Crippen LogP contribution in [0.3, 0.4) is 0 Å². The van der Waals surface area contributed by atoms with Crippen molar-refractivity contribution in [1.29, 1.82) is 0 Å². The van der Waals surface area contributed by atoms with E-state index in [-0.39, 0.29) is 12.5 Å². The molecule has 3 rings (SSSR count). The summed E-state index contributed by atoms with van der Waals surface area (Å²) in [6, 6.07) is 20.9. The average Bonchev–Trinajstić information content (AvgIpc) is 2.77. The maximum atomic E-state index is 12.0. The van der Waals surface area contributed by atoms with Gasteiger partial charge in [0.2, 0.25) is 5.91 Å². The van der Waals surface area contributed by atoms with Crippen LogP contribution in [0, 0.1) is 0 Å². The molecule has 1 amide bonds. The van der Waals surface area contributed by atoms with Crippen LogP contribution in [0.15, 0.2) is 65.7 Å². The number of carbonyl (C=O) groups excluding carboxylic acids is 1. The van der Waals surface area contributed by atoms with Crippen LogP contribution in [0.4, 0.5) is 5.69 Å². The van der Waals surface area contributed by atoms with E-state index in [0.29, 0.717) is 0 Å². The quantitative estimate of drug-likeness (QED) is 0.603. The third-order valence-electron chi connectivity index (χ3n) is 5.10. The number of carbonyl (C=O) groups is 1. The van der Waals surface area contributed by atoms with Crippen LogP contribution in [0.25, 0.3) is 0 Å². The molecule has 0 aliphatic carbocycles. The smallest absolute Gasteiger partial charge is 0.243 e. The van der Waals surface area contributed by atoms with Gasteiger partial charge in [0.15, 0.2) is 5.96 Å². The van der Waals surface area contributed by atoms with E-state index in [9.17, 15) is 4.79 Å². The highest BCUT2D eigenvalue weighted by Gasteiger charge is 2.20. The summed E-state index contributed by atoms with van der Waals surface area (Å²) in [5, 5.41) is 3.47. The minimum Gasteiger partial charge on any atom is -0.368 e. The summed E-state index contributed by atoms with van der Waals surface area (Å²) in [5.74, 6) is 0.833. The SMILES string of the molecule is CN(C)C(=O)CN=C(NCCc1ccccc1)N1CCN(c2ccccc2)CC1. The van der Waals surface area contributed by atoms with Crippen molar-refractivity contribution in [2.75, 3.05) is 58.3 Å². The molecule has 0 spiro atoms. The molecule has 154 valence electrons. The summed E-state index contributed by atoms with van der Waals surface area (Å²) in [4.78, 5) is 22.9. The van der Waals surface area contributed by atoms with E-state index in [0.717, 1.165) is 45.1 Å². The number of likely N-dealkylation sites (N-methyl/N-ethyl adjacent to an activating group) is 1. The van der Waals surface area contributed by atoms with Crippen LogP contribution in [0.2, 0.25) is 0 Å². The van der Waals surface area contributed by atoms with E-state index < -0.39 is 0 Å². The van der Waals surface area contributed by atoms with Gasteiger partial charge in [-0.1, -0.05) is 48.5 Å². The van der Waals surface area contributed by atoms with E-state index in [1.165, 1.54) is 11.3 Å². The number of piperazine rings is 1. The van der Waals surface area contributed by atoms with E-state index >= 15 is 0 Å². The number of hydrogen-bond donors (Lipinski definition) is 1. The lowest BCUT2D eigenvalue weighted by molar-refractivity contribution is -0.127. The van der Waals surface area contributed by atoms with Gasteiger partial charge in [0.1, 0.15) is 6.54 Å². The number of guanidine groups is 1. The molecule has 1 saturated heterocycles. The Morgan fingerprint density at radius 2 is 1.59 bits per heavy atom. The molecular weight excluding hydrogens is 362 g/mol. The maximum Gasteiger partial charge on any atom is 0.243 e. The van der Waals surface area contributed by atoms with Gasteiger partial charge in [-0.15, -0.1) is 0 Å². The first kappa shape index (κ1) is 20.7. The Labute approximate surface area is 173 Å². The van der Waals surface area contributed by atoms with Gasteiger partial charge in [0.05, 0.1) is 0 Å². The Bertz CT molecular complexity index is 783. The number of aliphatic imine (C=N–C) groups is 1. The van der Waals surface area contributed by atoms with Crippen molar-refractivity contribution in [3.63, 3.8) is 0 Å². The van der Waals surface area contributed by atoms with E-state index in [1.807, 2.05) is 12.1 Å². The molecule has 1 N–H and O–H groups in total. The standard InChI is InChI=1S/C23H31N5O/c1-26(2)22(29)19-25-23(24-14-13-20-9-5-3-6-10-20)28-17-15-27(16-18-28)21-11-7-4-8-12-21/h3-12H,13-19H2,1-2H3,(H,24,25). The van der Waals surface area contributed by atoms with Crippen molar-refractivity contribution in [2.24, 2.45) is 4.99 Å². The van der Waals surface area contributed by atoms with Gasteiger partial charge in [-0.2, -0.15) is 0 Å². The van der Waals surface area contributed by atoms with Crippen LogP contribution >= 0.6 is 0 Å². The van der Waals surface area contributed by atoms with Gasteiger partial charge in [0, 0.05) is 52.5 Å². The first-order valence-electron chi connectivity index (χ1n) is 10.2. The van der Waals surface area contributed by atoms with Crippen LogP contribution < -0.4 is 10.2 Å². The molecule has 0 saturated carbocycles. The Balaban J connectivity index is 1.60. The lowest BCUT2D eigenvalue weighted by Crippen LogP contribution is -2.53. The molecule has 6 nitrogen and oxygen atoms in total. The number of hydrogen-bond acceptors (Lipinski definition) is 3. The average molecular weight is 394 g/mol. The van der Waals surface area contributed by atoms with Crippen LogP contribution in [-0.2, 0) is 11.2 Å². The molecule has 1 aliphatic heterocycles. The normalized spacial score (nSPS) is 14.6. The van der Waals surface area contributed by atoms with Gasteiger partial charge in [-0.25, -0.2) is 4.99 Å². The Hall–Kier alpha value is -3.02. The summed E-state index contributed by atoms with van der Waals surface area (Å²) in [6.07, 6.45) is 0.922. The van der Waals surface area contributed by atoms with E-state index in [4.69, 9.17) is 0 Å². The summed E-state index contributed by atoms with van der Waals surface area (Å²) in [7, 11) is 3.53. The molecule has 0 unspecified atom stereocenters. The zero-order valence-electron chi connectivity index (χ0n) is 17.4. The van der Waals surface area contributed by atoms with Gasteiger partial charge in [-0.05, 0) is 24.1 Å². The van der Waals surface area contributed by atoms with Gasteiger partial charge in [0.25, 0.3) is 0 Å².